The van der Waals surface area contributed by atoms with E-state index in [0.29, 0.717) is 5.02 Å². The smallest absolute Gasteiger partial charge is 0.409 e. The fourth-order valence-corrected chi connectivity index (χ4v) is 6.32. The number of halogens is 3. The Balaban J connectivity index is 1.74. The maximum absolute atomic E-state index is 14.7. The molecule has 1 heterocycles. The molecule has 3 atom stereocenters. The maximum Gasteiger partial charge on any atom is 0.409 e. The van der Waals surface area contributed by atoms with E-state index in [2.05, 4.69) is 0 Å². The molecule has 1 aliphatic heterocycles. The Bertz CT molecular complexity index is 1220. The summed E-state index contributed by atoms with van der Waals surface area (Å²) in [6, 6.07) is 7.88. The standard InChI is InChI=1S/C25H29ClF2N2O6S/c1-16(15-36-25(33)30-11-9-29(10-12-30)23(32)13-17(2)31)24(21-14-19(27)5-8-22(21)28)37(34,35)20-6-3-18(26)4-7-20/h3-8,14,16-17,24,31H,9-13,15H2,1-2H3/t16-,17?,24+/m1/s1. The van der Waals surface area contributed by atoms with Gasteiger partial charge in [-0.1, -0.05) is 18.5 Å². The molecular formula is C25H29ClF2N2O6S. The molecule has 0 spiro atoms. The summed E-state index contributed by atoms with van der Waals surface area (Å²) in [5, 5.41) is 8.15. The van der Waals surface area contributed by atoms with Crippen molar-refractivity contribution in [3.05, 3.63) is 64.7 Å². The lowest BCUT2D eigenvalue weighted by Crippen LogP contribution is -2.51. The largest absolute Gasteiger partial charge is 0.449 e. The van der Waals surface area contributed by atoms with E-state index in [1.54, 1.807) is 4.90 Å². The zero-order valence-corrected chi connectivity index (χ0v) is 22.0. The minimum Gasteiger partial charge on any atom is -0.449 e. The number of amides is 2. The van der Waals surface area contributed by atoms with Crippen LogP contribution < -0.4 is 0 Å². The topological polar surface area (TPSA) is 104 Å². The first-order valence-corrected chi connectivity index (χ1v) is 13.6. The molecule has 12 heteroatoms. The number of sulfone groups is 1. The molecule has 2 amide bonds. The predicted molar refractivity (Wildman–Crippen MR) is 133 cm³/mol. The van der Waals surface area contributed by atoms with Crippen LogP contribution in [0, 0.1) is 17.6 Å². The van der Waals surface area contributed by atoms with Crippen LogP contribution in [0.1, 0.15) is 31.1 Å². The molecule has 0 saturated carbocycles. The number of benzene rings is 2. The van der Waals surface area contributed by atoms with Crippen LogP contribution in [0.15, 0.2) is 47.4 Å². The minimum absolute atomic E-state index is 0.0118. The molecule has 2 aromatic carbocycles. The van der Waals surface area contributed by atoms with Crippen LogP contribution in [-0.2, 0) is 19.4 Å². The molecule has 2 aromatic rings. The van der Waals surface area contributed by atoms with E-state index in [4.69, 9.17) is 16.3 Å². The average molecular weight is 559 g/mol. The fourth-order valence-electron chi connectivity index (χ4n) is 4.18. The molecule has 3 rings (SSSR count). The second-order valence-electron chi connectivity index (χ2n) is 9.06. The van der Waals surface area contributed by atoms with Crippen molar-refractivity contribution < 1.29 is 36.6 Å². The third-order valence-electron chi connectivity index (χ3n) is 6.09. The van der Waals surface area contributed by atoms with Gasteiger partial charge in [-0.3, -0.25) is 4.79 Å². The number of rotatable bonds is 8. The molecule has 0 radical (unpaired) electrons. The van der Waals surface area contributed by atoms with Gasteiger partial charge in [0.2, 0.25) is 5.91 Å². The van der Waals surface area contributed by atoms with Crippen molar-refractivity contribution >= 4 is 33.4 Å². The molecule has 0 aromatic heterocycles. The molecule has 1 aliphatic rings. The summed E-state index contributed by atoms with van der Waals surface area (Å²) >= 11 is 5.87. The highest BCUT2D eigenvalue weighted by Crippen LogP contribution is 2.37. The van der Waals surface area contributed by atoms with Gasteiger partial charge in [-0.15, -0.1) is 0 Å². The Morgan fingerprint density at radius 2 is 1.62 bits per heavy atom. The summed E-state index contributed by atoms with van der Waals surface area (Å²) in [5.41, 5.74) is -0.372. The SMILES string of the molecule is CC(O)CC(=O)N1CCN(C(=O)OC[C@@H](C)[C@@H](c2cc(F)ccc2F)S(=O)(=O)c2ccc(Cl)cc2)CC1. The van der Waals surface area contributed by atoms with Crippen molar-refractivity contribution in [1.29, 1.82) is 0 Å². The lowest BCUT2D eigenvalue weighted by atomic mass is 10.0. The third-order valence-corrected chi connectivity index (χ3v) is 8.66. The van der Waals surface area contributed by atoms with E-state index < -0.39 is 44.8 Å². The number of aliphatic hydroxyl groups excluding tert-OH is 1. The number of hydrogen-bond acceptors (Lipinski definition) is 6. The second kappa shape index (κ2) is 12.2. The van der Waals surface area contributed by atoms with E-state index in [0.717, 1.165) is 18.2 Å². The quantitative estimate of drug-likeness (QED) is 0.528. The van der Waals surface area contributed by atoms with Gasteiger partial charge in [0.05, 0.1) is 29.3 Å². The van der Waals surface area contributed by atoms with Gasteiger partial charge in [-0.2, -0.15) is 0 Å². The van der Waals surface area contributed by atoms with Gasteiger partial charge in [-0.25, -0.2) is 22.0 Å². The summed E-state index contributed by atoms with van der Waals surface area (Å²) in [6.45, 7) is 3.53. The van der Waals surface area contributed by atoms with E-state index in [9.17, 15) is 31.9 Å². The molecule has 1 fully saturated rings. The lowest BCUT2D eigenvalue weighted by molar-refractivity contribution is -0.134. The van der Waals surface area contributed by atoms with Gasteiger partial charge in [-0.05, 0) is 49.4 Å². The van der Waals surface area contributed by atoms with Crippen molar-refractivity contribution in [3.63, 3.8) is 0 Å². The maximum atomic E-state index is 14.7. The number of nitrogens with zero attached hydrogens (tertiary/aromatic N) is 2. The van der Waals surface area contributed by atoms with E-state index in [-0.39, 0.29) is 55.6 Å². The van der Waals surface area contributed by atoms with Crippen molar-refractivity contribution in [3.8, 4) is 0 Å². The third kappa shape index (κ3) is 7.18. The fraction of sp³-hybridized carbons (Fsp3) is 0.440. The predicted octanol–water partition coefficient (Wildman–Crippen LogP) is 3.82. The molecule has 1 saturated heterocycles. The van der Waals surface area contributed by atoms with Crippen molar-refractivity contribution in [1.82, 2.24) is 9.80 Å². The van der Waals surface area contributed by atoms with Gasteiger partial charge in [0, 0.05) is 42.7 Å². The molecule has 0 aliphatic carbocycles. The van der Waals surface area contributed by atoms with Crippen LogP contribution in [0.3, 0.4) is 0 Å². The first-order chi connectivity index (χ1) is 17.4. The average Bonchev–Trinajstić information content (AvgIpc) is 2.84. The Labute approximate surface area is 219 Å². The zero-order chi connectivity index (χ0) is 27.3. The summed E-state index contributed by atoms with van der Waals surface area (Å²) in [5.74, 6) is -2.88. The van der Waals surface area contributed by atoms with Gasteiger partial charge < -0.3 is 19.6 Å². The molecule has 8 nitrogen and oxygen atoms in total. The molecule has 37 heavy (non-hydrogen) atoms. The van der Waals surface area contributed by atoms with Crippen LogP contribution in [0.2, 0.25) is 5.02 Å². The highest BCUT2D eigenvalue weighted by molar-refractivity contribution is 7.91. The van der Waals surface area contributed by atoms with Gasteiger partial charge in [0.1, 0.15) is 11.6 Å². The van der Waals surface area contributed by atoms with Crippen LogP contribution >= 0.6 is 11.6 Å². The Kier molecular flexibility index (Phi) is 9.49. The number of aliphatic hydroxyl groups is 1. The number of hydrogen-bond donors (Lipinski definition) is 1. The summed E-state index contributed by atoms with van der Waals surface area (Å²) in [4.78, 5) is 27.5. The van der Waals surface area contributed by atoms with Gasteiger partial charge >= 0.3 is 6.09 Å². The first-order valence-electron chi connectivity index (χ1n) is 11.7. The number of piperazine rings is 1. The van der Waals surface area contributed by atoms with E-state index >= 15 is 0 Å². The Morgan fingerprint density at radius 3 is 2.22 bits per heavy atom. The minimum atomic E-state index is -4.24. The molecule has 1 N–H and O–H groups in total. The van der Waals surface area contributed by atoms with Crippen LogP contribution in [0.4, 0.5) is 13.6 Å². The molecule has 202 valence electrons. The lowest BCUT2D eigenvalue weighted by Gasteiger charge is -2.34. The molecular weight excluding hydrogens is 530 g/mol. The van der Waals surface area contributed by atoms with Crippen LogP contribution in [0.5, 0.6) is 0 Å². The van der Waals surface area contributed by atoms with Crippen LogP contribution in [0.25, 0.3) is 0 Å². The van der Waals surface area contributed by atoms with E-state index in [1.165, 1.54) is 43.0 Å². The van der Waals surface area contributed by atoms with Crippen molar-refractivity contribution in [2.75, 3.05) is 32.8 Å². The second-order valence-corrected chi connectivity index (χ2v) is 11.6. The van der Waals surface area contributed by atoms with Gasteiger partial charge in [0.15, 0.2) is 9.84 Å². The summed E-state index contributed by atoms with van der Waals surface area (Å²) in [7, 11) is -4.24. The number of carbonyl (C=O) groups is 2. The zero-order valence-electron chi connectivity index (χ0n) is 20.4. The van der Waals surface area contributed by atoms with E-state index in [1.807, 2.05) is 0 Å². The Hall–Kier alpha value is -2.76. The number of ether oxygens (including phenoxy) is 1. The van der Waals surface area contributed by atoms with Crippen molar-refractivity contribution in [2.45, 2.75) is 36.5 Å². The number of carbonyl (C=O) groups excluding carboxylic acids is 2. The monoisotopic (exact) mass is 558 g/mol. The Morgan fingerprint density at radius 1 is 1.03 bits per heavy atom. The highest BCUT2D eigenvalue weighted by atomic mass is 35.5. The summed E-state index contributed by atoms with van der Waals surface area (Å²) < 4.78 is 61.2. The highest BCUT2D eigenvalue weighted by Gasteiger charge is 2.37. The molecule has 1 unspecified atom stereocenters. The summed E-state index contributed by atoms with van der Waals surface area (Å²) in [6.07, 6.45) is -1.49. The normalized spacial score (nSPS) is 16.7. The first kappa shape index (κ1) is 28.8. The van der Waals surface area contributed by atoms with Crippen LogP contribution in [-0.4, -0.2) is 74.2 Å². The van der Waals surface area contributed by atoms with Crippen molar-refractivity contribution in [2.24, 2.45) is 5.92 Å². The van der Waals surface area contributed by atoms with Gasteiger partial charge in [0.25, 0.3) is 0 Å². The molecule has 0 bridgehead atoms.